The summed E-state index contributed by atoms with van der Waals surface area (Å²) in [6.07, 6.45) is 10.6. The number of anilines is 1. The lowest BCUT2D eigenvalue weighted by atomic mass is 10.1. The Kier molecular flexibility index (Phi) is 12.0. The van der Waals surface area contributed by atoms with Gasteiger partial charge in [0.05, 0.1) is 15.7 Å². The Hall–Kier alpha value is -2.49. The van der Waals surface area contributed by atoms with E-state index in [1.54, 1.807) is 18.2 Å². The minimum atomic E-state index is -0.723. The van der Waals surface area contributed by atoms with E-state index in [4.69, 9.17) is 27.9 Å². The summed E-state index contributed by atoms with van der Waals surface area (Å²) in [5.74, 6) is -0.388. The van der Waals surface area contributed by atoms with Gasteiger partial charge >= 0.3 is 5.97 Å². The van der Waals surface area contributed by atoms with E-state index in [0.29, 0.717) is 15.7 Å². The zero-order chi connectivity index (χ0) is 24.9. The average Bonchev–Trinajstić information content (AvgIpc) is 2.79. The van der Waals surface area contributed by atoms with Crippen molar-refractivity contribution in [3.05, 3.63) is 99.1 Å². The van der Waals surface area contributed by atoms with Gasteiger partial charge in [0.1, 0.15) is 6.61 Å². The van der Waals surface area contributed by atoms with Crippen LogP contribution in [0.3, 0.4) is 0 Å². The van der Waals surface area contributed by atoms with E-state index in [-0.39, 0.29) is 12.6 Å². The van der Waals surface area contributed by atoms with Gasteiger partial charge in [-0.1, -0.05) is 88.5 Å². The summed E-state index contributed by atoms with van der Waals surface area (Å²) in [6.45, 7) is 8.72. The van der Waals surface area contributed by atoms with Crippen molar-refractivity contribution in [3.8, 4) is 0 Å². The lowest BCUT2D eigenvalue weighted by Crippen LogP contribution is -2.24. The molecule has 1 unspecified atom stereocenters. The van der Waals surface area contributed by atoms with Gasteiger partial charge in [0.25, 0.3) is 0 Å². The van der Waals surface area contributed by atoms with Crippen molar-refractivity contribution in [2.24, 2.45) is 0 Å². The topological polar surface area (TPSA) is 38.3 Å². The molecule has 0 saturated heterocycles. The summed E-state index contributed by atoms with van der Waals surface area (Å²) in [6, 6.07) is 13.9. The van der Waals surface area contributed by atoms with Crippen molar-refractivity contribution >= 4 is 34.9 Å². The average molecular weight is 501 g/mol. The summed E-state index contributed by atoms with van der Waals surface area (Å²) in [7, 11) is 0. The molecule has 0 radical (unpaired) electrons. The Morgan fingerprint density at radius 2 is 1.44 bits per heavy atom. The van der Waals surface area contributed by atoms with Gasteiger partial charge in [-0.15, -0.1) is 0 Å². The first-order valence-electron chi connectivity index (χ1n) is 11.6. The van der Waals surface area contributed by atoms with Crippen LogP contribution in [0.25, 0.3) is 0 Å². The summed E-state index contributed by atoms with van der Waals surface area (Å²) >= 11 is 12.6. The van der Waals surface area contributed by atoms with Crippen molar-refractivity contribution in [1.29, 1.82) is 0 Å². The Morgan fingerprint density at radius 3 is 2.06 bits per heavy atom. The number of rotatable bonds is 12. The summed E-state index contributed by atoms with van der Waals surface area (Å²) in [5, 5.41) is 4.06. The largest absolute Gasteiger partial charge is 0.460 e. The summed E-state index contributed by atoms with van der Waals surface area (Å²) < 4.78 is 5.60. The SMILES string of the molecule is CC(C)=CCCC(C)=CCCC(C)=CCOC(=O)C(Nc1c(Cl)cccc1Cl)c1ccccc1. The summed E-state index contributed by atoms with van der Waals surface area (Å²) in [4.78, 5) is 13.0. The molecule has 3 nitrogen and oxygen atoms in total. The quantitative estimate of drug-likeness (QED) is 0.233. The predicted octanol–water partition coefficient (Wildman–Crippen LogP) is 9.11. The van der Waals surface area contributed by atoms with Gasteiger partial charge in [-0.3, -0.25) is 0 Å². The van der Waals surface area contributed by atoms with Crippen LogP contribution in [0.2, 0.25) is 10.0 Å². The number of ether oxygens (including phenoxy) is 1. The number of halogens is 2. The van der Waals surface area contributed by atoms with Gasteiger partial charge < -0.3 is 10.1 Å². The maximum atomic E-state index is 13.0. The van der Waals surface area contributed by atoms with Crippen LogP contribution >= 0.6 is 23.2 Å². The third-order valence-electron chi connectivity index (χ3n) is 5.40. The molecule has 2 rings (SSSR count). The maximum Gasteiger partial charge on any atom is 0.333 e. The third kappa shape index (κ3) is 9.79. The van der Waals surface area contributed by atoms with Crippen LogP contribution in [0.4, 0.5) is 5.69 Å². The Balaban J connectivity index is 1.95. The lowest BCUT2D eigenvalue weighted by molar-refractivity contribution is -0.143. The van der Waals surface area contributed by atoms with Crippen LogP contribution < -0.4 is 5.32 Å². The highest BCUT2D eigenvalue weighted by Gasteiger charge is 2.23. The molecular weight excluding hydrogens is 465 g/mol. The maximum absolute atomic E-state index is 13.0. The minimum Gasteiger partial charge on any atom is -0.460 e. The zero-order valence-electron chi connectivity index (χ0n) is 20.5. The van der Waals surface area contributed by atoms with E-state index in [2.05, 4.69) is 45.2 Å². The van der Waals surface area contributed by atoms with E-state index in [0.717, 1.165) is 31.2 Å². The fraction of sp³-hybridized carbons (Fsp3) is 0.345. The molecule has 0 spiro atoms. The number of benzene rings is 2. The molecule has 0 aliphatic rings. The first-order valence-corrected chi connectivity index (χ1v) is 12.4. The van der Waals surface area contributed by atoms with Crippen molar-refractivity contribution < 1.29 is 9.53 Å². The minimum absolute atomic E-state index is 0.217. The Bertz CT molecular complexity index is 1000. The number of carbonyl (C=O) groups is 1. The molecular formula is C29H35Cl2NO2. The molecule has 34 heavy (non-hydrogen) atoms. The number of hydrogen-bond donors (Lipinski definition) is 1. The third-order valence-corrected chi connectivity index (χ3v) is 6.03. The fourth-order valence-electron chi connectivity index (χ4n) is 3.39. The highest BCUT2D eigenvalue weighted by atomic mass is 35.5. The molecule has 0 amide bonds. The number of esters is 1. The van der Waals surface area contributed by atoms with E-state index in [1.807, 2.05) is 36.4 Å². The number of allylic oxidation sites excluding steroid dienone is 5. The second kappa shape index (κ2) is 14.7. The second-order valence-electron chi connectivity index (χ2n) is 8.67. The van der Waals surface area contributed by atoms with E-state index in [9.17, 15) is 4.79 Å². The van der Waals surface area contributed by atoms with Crippen molar-refractivity contribution in [1.82, 2.24) is 0 Å². The van der Waals surface area contributed by atoms with Crippen LogP contribution in [0.5, 0.6) is 0 Å². The van der Waals surface area contributed by atoms with E-state index < -0.39 is 6.04 Å². The first kappa shape index (κ1) is 27.8. The Morgan fingerprint density at radius 1 is 0.853 bits per heavy atom. The van der Waals surface area contributed by atoms with Crippen LogP contribution in [-0.2, 0) is 9.53 Å². The highest BCUT2D eigenvalue weighted by molar-refractivity contribution is 6.39. The molecule has 182 valence electrons. The van der Waals surface area contributed by atoms with E-state index in [1.165, 1.54) is 16.7 Å². The van der Waals surface area contributed by atoms with Gasteiger partial charge in [0, 0.05) is 0 Å². The molecule has 5 heteroatoms. The van der Waals surface area contributed by atoms with Gasteiger partial charge in [-0.05, 0) is 77.2 Å². The molecule has 0 bridgehead atoms. The molecule has 2 aromatic rings. The smallest absolute Gasteiger partial charge is 0.333 e. The second-order valence-corrected chi connectivity index (χ2v) is 9.49. The standard InChI is InChI=1S/C29H35Cl2NO2/c1-21(2)11-8-12-22(3)13-9-14-23(4)19-20-34-29(33)27(24-15-6-5-7-16-24)32-28-25(30)17-10-18-26(28)31/h5-7,10-11,13,15-19,27,32H,8-9,12,14,20H2,1-4H3. The molecule has 0 fully saturated rings. The molecule has 1 N–H and O–H groups in total. The predicted molar refractivity (Wildman–Crippen MR) is 146 cm³/mol. The van der Waals surface area contributed by atoms with Crippen LogP contribution in [0.1, 0.15) is 65.0 Å². The molecule has 0 heterocycles. The molecule has 0 aliphatic heterocycles. The number of carbonyl (C=O) groups excluding carboxylic acids is 1. The van der Waals surface area contributed by atoms with Crippen LogP contribution in [0, 0.1) is 0 Å². The molecule has 0 aliphatic carbocycles. The van der Waals surface area contributed by atoms with Crippen LogP contribution in [0.15, 0.2) is 83.5 Å². The Labute approximate surface area is 214 Å². The van der Waals surface area contributed by atoms with Gasteiger partial charge in [-0.2, -0.15) is 0 Å². The van der Waals surface area contributed by atoms with Crippen molar-refractivity contribution in [2.45, 2.75) is 59.4 Å². The molecule has 0 aromatic heterocycles. The zero-order valence-corrected chi connectivity index (χ0v) is 22.0. The van der Waals surface area contributed by atoms with Crippen molar-refractivity contribution in [2.75, 3.05) is 11.9 Å². The number of hydrogen-bond acceptors (Lipinski definition) is 3. The van der Waals surface area contributed by atoms with Crippen LogP contribution in [-0.4, -0.2) is 12.6 Å². The van der Waals surface area contributed by atoms with Gasteiger partial charge in [-0.25, -0.2) is 4.79 Å². The number of para-hydroxylation sites is 1. The van der Waals surface area contributed by atoms with E-state index >= 15 is 0 Å². The monoisotopic (exact) mass is 499 g/mol. The van der Waals surface area contributed by atoms with Gasteiger partial charge in [0.2, 0.25) is 0 Å². The molecule has 1 atom stereocenters. The highest BCUT2D eigenvalue weighted by Crippen LogP contribution is 2.33. The normalized spacial score (nSPS) is 12.8. The van der Waals surface area contributed by atoms with Gasteiger partial charge in [0.15, 0.2) is 6.04 Å². The first-order chi connectivity index (χ1) is 16.3. The van der Waals surface area contributed by atoms with Crippen molar-refractivity contribution in [3.63, 3.8) is 0 Å². The summed E-state index contributed by atoms with van der Waals surface area (Å²) in [5.41, 5.74) is 5.25. The molecule has 2 aromatic carbocycles. The lowest BCUT2D eigenvalue weighted by Gasteiger charge is -2.20. The number of nitrogens with one attached hydrogen (secondary N) is 1. The molecule has 0 saturated carbocycles. The fourth-order valence-corrected chi connectivity index (χ4v) is 3.90.